The van der Waals surface area contributed by atoms with Gasteiger partial charge in [-0.1, -0.05) is 11.6 Å². The molecule has 3 rings (SSSR count). The summed E-state index contributed by atoms with van der Waals surface area (Å²) in [6.07, 6.45) is 3.72. The van der Waals surface area contributed by atoms with E-state index < -0.39 is 0 Å². The van der Waals surface area contributed by atoms with Crippen LogP contribution in [0.15, 0.2) is 24.5 Å². The van der Waals surface area contributed by atoms with Crippen molar-refractivity contribution < 1.29 is 4.79 Å². The van der Waals surface area contributed by atoms with Gasteiger partial charge in [0.1, 0.15) is 6.33 Å². The zero-order valence-electron chi connectivity index (χ0n) is 12.0. The number of amides is 1. The van der Waals surface area contributed by atoms with Gasteiger partial charge in [0.25, 0.3) is 5.91 Å². The van der Waals surface area contributed by atoms with E-state index in [1.807, 2.05) is 0 Å². The Labute approximate surface area is 133 Å². The summed E-state index contributed by atoms with van der Waals surface area (Å²) < 4.78 is 1.45. The Balaban J connectivity index is 1.75. The molecule has 1 atom stereocenters. The van der Waals surface area contributed by atoms with Crippen molar-refractivity contribution in [3.63, 3.8) is 0 Å². The van der Waals surface area contributed by atoms with Gasteiger partial charge in [0.2, 0.25) is 0 Å². The minimum atomic E-state index is -0.168. The fraction of sp³-hybridized carbons (Fsp3) is 0.429. The van der Waals surface area contributed by atoms with Crippen molar-refractivity contribution in [2.45, 2.75) is 12.8 Å². The highest BCUT2D eigenvalue weighted by atomic mass is 35.5. The lowest BCUT2D eigenvalue weighted by Gasteiger charge is -2.23. The smallest absolute Gasteiger partial charge is 0.253 e. The van der Waals surface area contributed by atoms with Gasteiger partial charge in [-0.05, 0) is 60.5 Å². The molecule has 22 heavy (non-hydrogen) atoms. The predicted molar refractivity (Wildman–Crippen MR) is 82.1 cm³/mol. The molecule has 1 aliphatic rings. The van der Waals surface area contributed by atoms with E-state index >= 15 is 0 Å². The molecule has 2 heterocycles. The Bertz CT molecular complexity index is 639. The fourth-order valence-corrected chi connectivity index (χ4v) is 2.76. The van der Waals surface area contributed by atoms with Gasteiger partial charge in [0.05, 0.1) is 11.3 Å². The van der Waals surface area contributed by atoms with Crippen molar-refractivity contribution in [3.05, 3.63) is 35.1 Å². The lowest BCUT2D eigenvalue weighted by Crippen LogP contribution is -2.38. The van der Waals surface area contributed by atoms with Gasteiger partial charge in [0.15, 0.2) is 0 Å². The van der Waals surface area contributed by atoms with Crippen LogP contribution < -0.4 is 10.6 Å². The molecular formula is C14H17ClN6O. The van der Waals surface area contributed by atoms with Crippen molar-refractivity contribution in [2.75, 3.05) is 19.6 Å². The maximum atomic E-state index is 12.5. The Kier molecular flexibility index (Phi) is 4.65. The number of aromatic nitrogens is 4. The minimum Gasteiger partial charge on any atom is -0.352 e. The van der Waals surface area contributed by atoms with E-state index in [0.717, 1.165) is 25.9 Å². The molecule has 1 amide bonds. The van der Waals surface area contributed by atoms with Crippen molar-refractivity contribution in [1.29, 1.82) is 0 Å². The molecule has 1 saturated heterocycles. The van der Waals surface area contributed by atoms with Crippen LogP contribution in [-0.4, -0.2) is 45.7 Å². The lowest BCUT2D eigenvalue weighted by molar-refractivity contribution is 0.0944. The summed E-state index contributed by atoms with van der Waals surface area (Å²) in [7, 11) is 0. The predicted octanol–water partition coefficient (Wildman–Crippen LogP) is 1.05. The van der Waals surface area contributed by atoms with Crippen LogP contribution in [0.25, 0.3) is 5.69 Å². The number of nitrogens with zero attached hydrogens (tertiary/aromatic N) is 4. The first-order valence-corrected chi connectivity index (χ1v) is 7.63. The second-order valence-corrected chi connectivity index (χ2v) is 5.77. The van der Waals surface area contributed by atoms with Gasteiger partial charge in [0, 0.05) is 11.6 Å². The molecule has 2 N–H and O–H groups in total. The van der Waals surface area contributed by atoms with Crippen LogP contribution >= 0.6 is 11.6 Å². The summed E-state index contributed by atoms with van der Waals surface area (Å²) in [5.41, 5.74) is 1.07. The van der Waals surface area contributed by atoms with E-state index in [1.165, 1.54) is 11.0 Å². The zero-order chi connectivity index (χ0) is 15.4. The maximum Gasteiger partial charge on any atom is 0.253 e. The summed E-state index contributed by atoms with van der Waals surface area (Å²) in [6, 6.07) is 5.07. The first kappa shape index (κ1) is 14.9. The number of nitrogens with one attached hydrogen (secondary N) is 2. The average Bonchev–Trinajstić information content (AvgIpc) is 3.08. The third-order valence-electron chi connectivity index (χ3n) is 3.75. The molecule has 8 heteroatoms. The number of hydrogen-bond acceptors (Lipinski definition) is 5. The molecule has 0 saturated carbocycles. The SMILES string of the molecule is O=C(NCC1CCCNC1)c1cc(Cl)ccc1-n1cnnn1. The van der Waals surface area contributed by atoms with Gasteiger partial charge < -0.3 is 10.6 Å². The van der Waals surface area contributed by atoms with E-state index in [2.05, 4.69) is 26.2 Å². The summed E-state index contributed by atoms with van der Waals surface area (Å²) in [5, 5.41) is 17.9. The van der Waals surface area contributed by atoms with E-state index in [1.54, 1.807) is 18.2 Å². The Morgan fingerprint density at radius 3 is 3.14 bits per heavy atom. The first-order chi connectivity index (χ1) is 10.7. The van der Waals surface area contributed by atoms with E-state index in [0.29, 0.717) is 28.7 Å². The number of halogens is 1. The normalized spacial score (nSPS) is 18.1. The molecule has 0 aliphatic carbocycles. The van der Waals surface area contributed by atoms with Gasteiger partial charge >= 0.3 is 0 Å². The molecular weight excluding hydrogens is 304 g/mol. The van der Waals surface area contributed by atoms with Gasteiger partial charge in [-0.25, -0.2) is 0 Å². The molecule has 1 aromatic carbocycles. The van der Waals surface area contributed by atoms with Gasteiger partial charge in [-0.15, -0.1) is 5.10 Å². The van der Waals surface area contributed by atoms with Gasteiger partial charge in [-0.2, -0.15) is 4.68 Å². The number of hydrogen-bond donors (Lipinski definition) is 2. The second-order valence-electron chi connectivity index (χ2n) is 5.34. The molecule has 2 aromatic rings. The Morgan fingerprint density at radius 2 is 2.41 bits per heavy atom. The van der Waals surface area contributed by atoms with Crippen LogP contribution in [0.1, 0.15) is 23.2 Å². The third-order valence-corrected chi connectivity index (χ3v) is 3.98. The van der Waals surface area contributed by atoms with Crippen LogP contribution in [0.3, 0.4) is 0 Å². The van der Waals surface area contributed by atoms with Crippen LogP contribution in [0.5, 0.6) is 0 Å². The third kappa shape index (κ3) is 3.42. The molecule has 0 bridgehead atoms. The largest absolute Gasteiger partial charge is 0.352 e. The fourth-order valence-electron chi connectivity index (χ4n) is 2.59. The molecule has 1 aliphatic heterocycles. The van der Waals surface area contributed by atoms with Crippen LogP contribution in [0.4, 0.5) is 0 Å². The highest BCUT2D eigenvalue weighted by Crippen LogP contribution is 2.19. The Hall–Kier alpha value is -1.99. The molecule has 0 radical (unpaired) electrons. The molecule has 7 nitrogen and oxygen atoms in total. The van der Waals surface area contributed by atoms with Crippen molar-refractivity contribution in [3.8, 4) is 5.69 Å². The van der Waals surface area contributed by atoms with E-state index in [9.17, 15) is 4.79 Å². The number of piperidine rings is 1. The summed E-state index contributed by atoms with van der Waals surface area (Å²) >= 11 is 6.02. The van der Waals surface area contributed by atoms with E-state index in [4.69, 9.17) is 11.6 Å². The molecule has 116 valence electrons. The first-order valence-electron chi connectivity index (χ1n) is 7.26. The lowest BCUT2D eigenvalue weighted by atomic mass is 9.99. The van der Waals surface area contributed by atoms with Crippen LogP contribution in [-0.2, 0) is 0 Å². The highest BCUT2D eigenvalue weighted by Gasteiger charge is 2.17. The Morgan fingerprint density at radius 1 is 1.50 bits per heavy atom. The van der Waals surface area contributed by atoms with Crippen LogP contribution in [0.2, 0.25) is 5.02 Å². The van der Waals surface area contributed by atoms with Crippen molar-refractivity contribution in [1.82, 2.24) is 30.8 Å². The van der Waals surface area contributed by atoms with Crippen molar-refractivity contribution >= 4 is 17.5 Å². The maximum absolute atomic E-state index is 12.5. The topological polar surface area (TPSA) is 84.7 Å². The minimum absolute atomic E-state index is 0.168. The number of tetrazole rings is 1. The number of carbonyl (C=O) groups is 1. The summed E-state index contributed by atoms with van der Waals surface area (Å²) in [4.78, 5) is 12.5. The van der Waals surface area contributed by atoms with Gasteiger partial charge in [-0.3, -0.25) is 4.79 Å². The number of benzene rings is 1. The highest BCUT2D eigenvalue weighted by molar-refractivity contribution is 6.31. The van der Waals surface area contributed by atoms with Crippen molar-refractivity contribution in [2.24, 2.45) is 5.92 Å². The van der Waals surface area contributed by atoms with E-state index in [-0.39, 0.29) is 5.91 Å². The molecule has 1 aromatic heterocycles. The zero-order valence-corrected chi connectivity index (χ0v) is 12.8. The number of carbonyl (C=O) groups excluding carboxylic acids is 1. The second kappa shape index (κ2) is 6.85. The average molecular weight is 321 g/mol. The molecule has 1 unspecified atom stereocenters. The standard InChI is InChI=1S/C14H17ClN6O/c15-11-3-4-13(21-9-18-19-20-21)12(6-11)14(22)17-8-10-2-1-5-16-7-10/h3-4,6,9-10,16H,1-2,5,7-8H2,(H,17,22). The molecule has 0 spiro atoms. The number of rotatable bonds is 4. The monoisotopic (exact) mass is 320 g/mol. The van der Waals surface area contributed by atoms with Crippen LogP contribution in [0, 0.1) is 5.92 Å². The summed E-state index contributed by atoms with van der Waals surface area (Å²) in [5.74, 6) is 0.298. The summed E-state index contributed by atoms with van der Waals surface area (Å²) in [6.45, 7) is 2.64. The quantitative estimate of drug-likeness (QED) is 0.879. The molecule has 1 fully saturated rings.